The number of nitrogens with zero attached hydrogens (tertiary/aromatic N) is 2. The van der Waals surface area contributed by atoms with Gasteiger partial charge < -0.3 is 9.73 Å². The summed E-state index contributed by atoms with van der Waals surface area (Å²) < 4.78 is 18.6. The van der Waals surface area contributed by atoms with Crippen molar-refractivity contribution in [3.8, 4) is 10.8 Å². The molecule has 4 rings (SSSR count). The molecular formula is C22H18FN3O4S2. The second kappa shape index (κ2) is 9.09. The van der Waals surface area contributed by atoms with E-state index in [1.54, 1.807) is 19.1 Å². The van der Waals surface area contributed by atoms with Crippen molar-refractivity contribution < 1.29 is 23.2 Å². The van der Waals surface area contributed by atoms with E-state index in [1.165, 1.54) is 35.6 Å². The molecule has 2 aromatic heterocycles. The average Bonchev–Trinajstić information content (AvgIpc) is 3.43. The van der Waals surface area contributed by atoms with Gasteiger partial charge in [0.15, 0.2) is 10.8 Å². The molecular weight excluding hydrogens is 453 g/mol. The van der Waals surface area contributed by atoms with E-state index in [0.717, 1.165) is 22.4 Å². The molecule has 0 radical (unpaired) electrons. The van der Waals surface area contributed by atoms with Crippen LogP contribution in [0.15, 0.2) is 45.7 Å². The molecule has 1 aliphatic heterocycles. The molecule has 0 bridgehead atoms. The van der Waals surface area contributed by atoms with Crippen molar-refractivity contribution in [2.24, 2.45) is 0 Å². The first-order valence-electron chi connectivity index (χ1n) is 9.65. The minimum atomic E-state index is -0.442. The van der Waals surface area contributed by atoms with Crippen molar-refractivity contribution in [1.29, 1.82) is 0 Å². The van der Waals surface area contributed by atoms with Crippen LogP contribution in [0.4, 0.5) is 9.18 Å². The number of thiazole rings is 1. The fourth-order valence-electron chi connectivity index (χ4n) is 3.03. The summed E-state index contributed by atoms with van der Waals surface area (Å²) in [6, 6.07) is 9.25. The van der Waals surface area contributed by atoms with Gasteiger partial charge >= 0.3 is 0 Å². The number of nitrogens with one attached hydrogen (secondary N) is 1. The van der Waals surface area contributed by atoms with Crippen LogP contribution in [0.5, 0.6) is 0 Å². The van der Waals surface area contributed by atoms with Gasteiger partial charge in [-0.15, -0.1) is 11.3 Å². The summed E-state index contributed by atoms with van der Waals surface area (Å²) in [5, 5.41) is 2.93. The largest absolute Gasteiger partial charge is 0.459 e. The fraction of sp³-hybridized carbons (Fsp3) is 0.182. The average molecular weight is 472 g/mol. The summed E-state index contributed by atoms with van der Waals surface area (Å²) >= 11 is 2.03. The van der Waals surface area contributed by atoms with Gasteiger partial charge in [0.05, 0.1) is 10.6 Å². The number of rotatable bonds is 6. The molecule has 3 aromatic rings. The van der Waals surface area contributed by atoms with Crippen molar-refractivity contribution in [3.05, 3.63) is 69.0 Å². The van der Waals surface area contributed by atoms with Gasteiger partial charge in [-0.2, -0.15) is 0 Å². The predicted octanol–water partition coefficient (Wildman–Crippen LogP) is 4.63. The summed E-state index contributed by atoms with van der Waals surface area (Å²) in [5.74, 6) is 0.199. The van der Waals surface area contributed by atoms with Gasteiger partial charge in [0.25, 0.3) is 17.1 Å². The number of imide groups is 1. The Labute approximate surface area is 191 Å². The van der Waals surface area contributed by atoms with Gasteiger partial charge in [0, 0.05) is 13.1 Å². The van der Waals surface area contributed by atoms with E-state index in [4.69, 9.17) is 4.42 Å². The number of amides is 3. The predicted molar refractivity (Wildman–Crippen MR) is 121 cm³/mol. The molecule has 1 N–H and O–H groups in total. The number of carbonyl (C=O) groups excluding carboxylic acids is 3. The van der Waals surface area contributed by atoms with Gasteiger partial charge in [-0.05, 0) is 61.5 Å². The topological polar surface area (TPSA) is 92.5 Å². The highest BCUT2D eigenvalue weighted by molar-refractivity contribution is 8.18. The number of aromatic nitrogens is 1. The standard InChI is InChI=1S/C22H18FN3O4S2/c1-12-3-8-16(30-12)20-25-13(2)18(32-20)19(27)24-9-10-26-21(28)17(31-22(26)29)11-14-4-6-15(23)7-5-14/h3-8,11H,9-10H2,1-2H3,(H,24,27)/b17-11-. The zero-order valence-corrected chi connectivity index (χ0v) is 18.8. The van der Waals surface area contributed by atoms with Crippen LogP contribution in [0.1, 0.15) is 26.7 Å². The quantitative estimate of drug-likeness (QED) is 0.527. The fourth-order valence-corrected chi connectivity index (χ4v) is 4.84. The van der Waals surface area contributed by atoms with E-state index in [2.05, 4.69) is 10.3 Å². The minimum Gasteiger partial charge on any atom is -0.459 e. The molecule has 1 fully saturated rings. The molecule has 0 aliphatic carbocycles. The lowest BCUT2D eigenvalue weighted by Gasteiger charge is -2.12. The molecule has 3 heterocycles. The molecule has 3 amide bonds. The first-order chi connectivity index (χ1) is 15.3. The number of thioether (sulfide) groups is 1. The lowest BCUT2D eigenvalue weighted by molar-refractivity contribution is -0.122. The first kappa shape index (κ1) is 22.0. The highest BCUT2D eigenvalue weighted by atomic mass is 32.2. The Balaban J connectivity index is 1.36. The monoisotopic (exact) mass is 471 g/mol. The molecule has 0 spiro atoms. The van der Waals surface area contributed by atoms with Crippen LogP contribution in [0, 0.1) is 19.7 Å². The molecule has 1 aromatic carbocycles. The second-order valence-electron chi connectivity index (χ2n) is 6.98. The Bertz CT molecular complexity index is 1230. The molecule has 164 valence electrons. The molecule has 0 saturated carbocycles. The normalized spacial score (nSPS) is 15.1. The Kier molecular flexibility index (Phi) is 6.24. The van der Waals surface area contributed by atoms with Gasteiger partial charge in [0.1, 0.15) is 16.5 Å². The van der Waals surface area contributed by atoms with E-state index in [9.17, 15) is 18.8 Å². The van der Waals surface area contributed by atoms with E-state index < -0.39 is 11.1 Å². The maximum absolute atomic E-state index is 13.0. The summed E-state index contributed by atoms with van der Waals surface area (Å²) in [5.41, 5.74) is 1.19. The maximum atomic E-state index is 13.0. The summed E-state index contributed by atoms with van der Waals surface area (Å²) in [4.78, 5) is 43.5. The number of hydrogen-bond donors (Lipinski definition) is 1. The molecule has 0 atom stereocenters. The lowest BCUT2D eigenvalue weighted by Crippen LogP contribution is -2.37. The first-order valence-corrected chi connectivity index (χ1v) is 11.3. The molecule has 1 aliphatic rings. The van der Waals surface area contributed by atoms with Gasteiger partial charge in [-0.3, -0.25) is 19.3 Å². The third-order valence-electron chi connectivity index (χ3n) is 4.62. The molecule has 7 nitrogen and oxygen atoms in total. The van der Waals surface area contributed by atoms with Crippen LogP contribution in [0.25, 0.3) is 16.8 Å². The van der Waals surface area contributed by atoms with Crippen LogP contribution < -0.4 is 5.32 Å². The number of halogens is 1. The second-order valence-corrected chi connectivity index (χ2v) is 8.98. The zero-order valence-electron chi connectivity index (χ0n) is 17.2. The zero-order chi connectivity index (χ0) is 22.8. The van der Waals surface area contributed by atoms with Crippen molar-refractivity contribution >= 4 is 46.2 Å². The Morgan fingerprint density at radius 2 is 1.94 bits per heavy atom. The number of carbonyl (C=O) groups is 3. The highest BCUT2D eigenvalue weighted by Crippen LogP contribution is 2.32. The molecule has 10 heteroatoms. The van der Waals surface area contributed by atoms with E-state index in [0.29, 0.717) is 26.9 Å². The van der Waals surface area contributed by atoms with Crippen LogP contribution in [-0.4, -0.2) is 40.0 Å². The van der Waals surface area contributed by atoms with Crippen molar-refractivity contribution in [2.45, 2.75) is 13.8 Å². The van der Waals surface area contributed by atoms with Crippen LogP contribution >= 0.6 is 23.1 Å². The van der Waals surface area contributed by atoms with E-state index in [1.807, 2.05) is 13.0 Å². The van der Waals surface area contributed by atoms with Gasteiger partial charge in [-0.25, -0.2) is 9.37 Å². The van der Waals surface area contributed by atoms with Crippen molar-refractivity contribution in [1.82, 2.24) is 15.2 Å². The number of hydrogen-bond acceptors (Lipinski definition) is 7. The molecule has 32 heavy (non-hydrogen) atoms. The van der Waals surface area contributed by atoms with Crippen molar-refractivity contribution in [3.63, 3.8) is 0 Å². The summed E-state index contributed by atoms with van der Waals surface area (Å²) in [6.45, 7) is 3.71. The summed E-state index contributed by atoms with van der Waals surface area (Å²) in [7, 11) is 0. The lowest BCUT2D eigenvalue weighted by atomic mass is 10.2. The van der Waals surface area contributed by atoms with Gasteiger partial charge in [-0.1, -0.05) is 12.1 Å². The van der Waals surface area contributed by atoms with Crippen LogP contribution in [-0.2, 0) is 4.79 Å². The van der Waals surface area contributed by atoms with E-state index in [-0.39, 0.29) is 29.7 Å². The number of benzene rings is 1. The Morgan fingerprint density at radius 3 is 2.62 bits per heavy atom. The van der Waals surface area contributed by atoms with Crippen LogP contribution in [0.3, 0.4) is 0 Å². The third kappa shape index (κ3) is 4.66. The smallest absolute Gasteiger partial charge is 0.293 e. The molecule has 0 unspecified atom stereocenters. The third-order valence-corrected chi connectivity index (χ3v) is 6.69. The van der Waals surface area contributed by atoms with Gasteiger partial charge in [0.2, 0.25) is 0 Å². The highest BCUT2D eigenvalue weighted by Gasteiger charge is 2.34. The maximum Gasteiger partial charge on any atom is 0.293 e. The van der Waals surface area contributed by atoms with Crippen molar-refractivity contribution in [2.75, 3.05) is 13.1 Å². The Morgan fingerprint density at radius 1 is 1.19 bits per heavy atom. The summed E-state index contributed by atoms with van der Waals surface area (Å²) in [6.07, 6.45) is 1.54. The Hall–Kier alpha value is -3.24. The SMILES string of the molecule is Cc1ccc(-c2nc(C)c(C(=O)NCCN3C(=O)S/C(=C\c4ccc(F)cc4)C3=O)s2)o1. The minimum absolute atomic E-state index is 0.0409. The number of aryl methyl sites for hydroxylation is 2. The van der Waals surface area contributed by atoms with Crippen LogP contribution in [0.2, 0.25) is 0 Å². The molecule has 1 saturated heterocycles. The number of furan rings is 1. The van der Waals surface area contributed by atoms with E-state index >= 15 is 0 Å².